The molecule has 1 atom stereocenters. The lowest BCUT2D eigenvalue weighted by Crippen LogP contribution is -2.35. The molecule has 0 spiro atoms. The second kappa shape index (κ2) is 6.80. The van der Waals surface area contributed by atoms with Crippen molar-refractivity contribution in [1.29, 1.82) is 0 Å². The van der Waals surface area contributed by atoms with Crippen molar-refractivity contribution in [3.05, 3.63) is 53.5 Å². The van der Waals surface area contributed by atoms with Gasteiger partial charge >= 0.3 is 5.97 Å². The number of hydrogen-bond donors (Lipinski definition) is 2. The Kier molecular flexibility index (Phi) is 4.83. The number of aryl methyl sites for hydroxylation is 1. The molecule has 0 radical (unpaired) electrons. The van der Waals surface area contributed by atoms with Crippen molar-refractivity contribution in [1.82, 2.24) is 5.32 Å². The van der Waals surface area contributed by atoms with Crippen LogP contribution in [0.15, 0.2) is 41.0 Å². The van der Waals surface area contributed by atoms with Crippen LogP contribution in [0.1, 0.15) is 28.6 Å². The number of phenolic OH excluding ortho intramolecular Hbond substituents is 1. The molecule has 0 aliphatic carbocycles. The number of ether oxygens (including phenoxy) is 1. The Morgan fingerprint density at radius 1 is 1.32 bits per heavy atom. The lowest BCUT2D eigenvalue weighted by molar-refractivity contribution is -0.129. The number of nitrogens with one attached hydrogen (secondary N) is 1. The van der Waals surface area contributed by atoms with E-state index >= 15 is 0 Å². The molecule has 116 valence electrons. The summed E-state index contributed by atoms with van der Waals surface area (Å²) in [5.41, 5.74) is 0.593. The van der Waals surface area contributed by atoms with E-state index in [2.05, 4.69) is 5.32 Å². The first-order valence-corrected chi connectivity index (χ1v) is 6.78. The number of phenols is 1. The lowest BCUT2D eigenvalue weighted by atomic mass is 10.1. The van der Waals surface area contributed by atoms with Crippen molar-refractivity contribution in [3.8, 4) is 5.75 Å². The molecule has 2 N–H and O–H groups in total. The predicted molar refractivity (Wildman–Crippen MR) is 78.3 cm³/mol. The highest BCUT2D eigenvalue weighted by molar-refractivity contribution is 5.94. The highest BCUT2D eigenvalue weighted by atomic mass is 16.5. The largest absolute Gasteiger partial charge is 0.507 e. The molecule has 6 nitrogen and oxygen atoms in total. The molecule has 0 aliphatic rings. The van der Waals surface area contributed by atoms with Crippen LogP contribution >= 0.6 is 0 Å². The zero-order valence-electron chi connectivity index (χ0n) is 12.3. The van der Waals surface area contributed by atoms with Crippen LogP contribution in [0.3, 0.4) is 0 Å². The molecule has 2 aromatic rings. The van der Waals surface area contributed by atoms with E-state index in [1.54, 1.807) is 31.2 Å². The predicted octanol–water partition coefficient (Wildman–Crippen LogP) is 2.16. The zero-order chi connectivity index (χ0) is 16.1. The van der Waals surface area contributed by atoms with E-state index in [4.69, 9.17) is 9.15 Å². The van der Waals surface area contributed by atoms with Gasteiger partial charge in [-0.25, -0.2) is 4.79 Å². The first-order chi connectivity index (χ1) is 10.5. The number of carbonyl (C=O) groups excluding carboxylic acids is 2. The monoisotopic (exact) mass is 303 g/mol. The molecule has 0 fully saturated rings. The Bertz CT molecular complexity index is 663. The quantitative estimate of drug-likeness (QED) is 0.826. The molecular formula is C16H17NO5. The molecule has 0 bridgehead atoms. The number of amides is 1. The number of furan rings is 1. The van der Waals surface area contributed by atoms with Gasteiger partial charge in [0.25, 0.3) is 5.91 Å². The fourth-order valence-corrected chi connectivity index (χ4v) is 1.83. The molecule has 0 saturated carbocycles. The summed E-state index contributed by atoms with van der Waals surface area (Å²) in [7, 11) is 0. The molecule has 1 aromatic carbocycles. The third-order valence-electron chi connectivity index (χ3n) is 3.13. The van der Waals surface area contributed by atoms with E-state index in [1.165, 1.54) is 19.3 Å². The summed E-state index contributed by atoms with van der Waals surface area (Å²) in [5, 5.41) is 12.4. The lowest BCUT2D eigenvalue weighted by Gasteiger charge is -2.14. The molecule has 22 heavy (non-hydrogen) atoms. The van der Waals surface area contributed by atoms with Crippen molar-refractivity contribution in [2.24, 2.45) is 0 Å². The third-order valence-corrected chi connectivity index (χ3v) is 3.13. The van der Waals surface area contributed by atoms with Crippen LogP contribution in [-0.4, -0.2) is 23.1 Å². The number of rotatable bonds is 5. The van der Waals surface area contributed by atoms with E-state index in [0.29, 0.717) is 11.3 Å². The van der Waals surface area contributed by atoms with Gasteiger partial charge in [0, 0.05) is 0 Å². The minimum absolute atomic E-state index is 0.0330. The fourth-order valence-electron chi connectivity index (χ4n) is 1.83. The highest BCUT2D eigenvalue weighted by Gasteiger charge is 2.21. The van der Waals surface area contributed by atoms with Crippen LogP contribution in [0.5, 0.6) is 5.75 Å². The maximum atomic E-state index is 12.0. The van der Waals surface area contributed by atoms with Gasteiger partial charge in [0.15, 0.2) is 6.10 Å². The van der Waals surface area contributed by atoms with Gasteiger partial charge in [0.05, 0.1) is 12.8 Å². The van der Waals surface area contributed by atoms with Gasteiger partial charge in [-0.3, -0.25) is 4.79 Å². The van der Waals surface area contributed by atoms with Crippen molar-refractivity contribution < 1.29 is 23.8 Å². The molecule has 2 rings (SSSR count). The average molecular weight is 303 g/mol. The van der Waals surface area contributed by atoms with E-state index in [9.17, 15) is 14.7 Å². The Balaban J connectivity index is 1.93. The molecule has 6 heteroatoms. The van der Waals surface area contributed by atoms with E-state index in [0.717, 1.165) is 0 Å². The average Bonchev–Trinajstić information content (AvgIpc) is 3.00. The maximum absolute atomic E-state index is 12.0. The molecule has 1 heterocycles. The van der Waals surface area contributed by atoms with Gasteiger partial charge in [-0.2, -0.15) is 0 Å². The summed E-state index contributed by atoms with van der Waals surface area (Å²) in [5.74, 6) is -0.738. The second-order valence-corrected chi connectivity index (χ2v) is 4.82. The number of hydrogen-bond acceptors (Lipinski definition) is 5. The van der Waals surface area contributed by atoms with E-state index in [1.807, 2.05) is 0 Å². The van der Waals surface area contributed by atoms with Gasteiger partial charge in [-0.1, -0.05) is 12.1 Å². The number of esters is 1. The zero-order valence-corrected chi connectivity index (χ0v) is 12.3. The van der Waals surface area contributed by atoms with Crippen molar-refractivity contribution in [3.63, 3.8) is 0 Å². The van der Waals surface area contributed by atoms with Crippen LogP contribution in [0.2, 0.25) is 0 Å². The second-order valence-electron chi connectivity index (χ2n) is 4.82. The normalized spacial score (nSPS) is 11.7. The van der Waals surface area contributed by atoms with Gasteiger partial charge in [0.2, 0.25) is 0 Å². The smallest absolute Gasteiger partial charge is 0.342 e. The Morgan fingerprint density at radius 2 is 2.09 bits per heavy atom. The number of aromatic hydroxyl groups is 1. The van der Waals surface area contributed by atoms with Crippen molar-refractivity contribution >= 4 is 11.9 Å². The number of para-hydroxylation sites is 1. The summed E-state index contributed by atoms with van der Waals surface area (Å²) in [6.45, 7) is 3.34. The van der Waals surface area contributed by atoms with Gasteiger partial charge < -0.3 is 19.6 Å². The van der Waals surface area contributed by atoms with Crippen LogP contribution in [-0.2, 0) is 16.1 Å². The molecule has 0 unspecified atom stereocenters. The number of benzene rings is 1. The first-order valence-electron chi connectivity index (χ1n) is 6.78. The van der Waals surface area contributed by atoms with E-state index < -0.39 is 18.0 Å². The first kappa shape index (κ1) is 15.6. The molecule has 1 amide bonds. The summed E-state index contributed by atoms with van der Waals surface area (Å²) < 4.78 is 10.1. The Hall–Kier alpha value is -2.76. The standard InChI is InChI=1S/C16H17NO5/c1-10-5-3-7-13(14(10)18)16(20)22-11(2)15(19)17-9-12-6-4-8-21-12/h3-8,11,18H,9H2,1-2H3,(H,17,19)/t11-/m0/s1. The maximum Gasteiger partial charge on any atom is 0.342 e. The van der Waals surface area contributed by atoms with Gasteiger partial charge in [-0.15, -0.1) is 0 Å². The van der Waals surface area contributed by atoms with E-state index in [-0.39, 0.29) is 17.9 Å². The van der Waals surface area contributed by atoms with Crippen LogP contribution in [0.25, 0.3) is 0 Å². The van der Waals surface area contributed by atoms with Gasteiger partial charge in [0.1, 0.15) is 17.1 Å². The highest BCUT2D eigenvalue weighted by Crippen LogP contribution is 2.22. The van der Waals surface area contributed by atoms with Crippen LogP contribution in [0, 0.1) is 6.92 Å². The summed E-state index contributed by atoms with van der Waals surface area (Å²) in [6, 6.07) is 8.18. The third kappa shape index (κ3) is 3.66. The number of carbonyl (C=O) groups is 2. The summed E-state index contributed by atoms with van der Waals surface area (Å²) in [4.78, 5) is 23.8. The van der Waals surface area contributed by atoms with Crippen molar-refractivity contribution in [2.75, 3.05) is 0 Å². The molecular weight excluding hydrogens is 286 g/mol. The minimum atomic E-state index is -0.984. The Morgan fingerprint density at radius 3 is 2.77 bits per heavy atom. The topological polar surface area (TPSA) is 88.8 Å². The Labute approximate surface area is 127 Å². The van der Waals surface area contributed by atoms with Crippen LogP contribution in [0.4, 0.5) is 0 Å². The molecule has 0 aliphatic heterocycles. The van der Waals surface area contributed by atoms with Gasteiger partial charge in [-0.05, 0) is 37.6 Å². The summed E-state index contributed by atoms with van der Waals surface area (Å²) >= 11 is 0. The summed E-state index contributed by atoms with van der Waals surface area (Å²) in [6.07, 6.45) is 0.522. The minimum Gasteiger partial charge on any atom is -0.507 e. The SMILES string of the molecule is Cc1cccc(C(=O)O[C@@H](C)C(=O)NCc2ccco2)c1O. The van der Waals surface area contributed by atoms with Crippen LogP contribution < -0.4 is 5.32 Å². The fraction of sp³-hybridized carbons (Fsp3) is 0.250. The van der Waals surface area contributed by atoms with Crippen molar-refractivity contribution in [2.45, 2.75) is 26.5 Å². The molecule has 1 aromatic heterocycles. The molecule has 0 saturated heterocycles.